The Balaban J connectivity index is 2.35. The zero-order valence-electron chi connectivity index (χ0n) is 9.97. The lowest BCUT2D eigenvalue weighted by Gasteiger charge is -2.07. The molecule has 0 bridgehead atoms. The first-order valence-electron chi connectivity index (χ1n) is 5.58. The normalized spacial score (nSPS) is 10.1. The van der Waals surface area contributed by atoms with Gasteiger partial charge in [-0.25, -0.2) is 4.79 Å². The van der Waals surface area contributed by atoms with Crippen molar-refractivity contribution in [3.63, 3.8) is 0 Å². The molecule has 0 atom stereocenters. The van der Waals surface area contributed by atoms with E-state index in [2.05, 4.69) is 0 Å². The number of carboxylic acid groups (broad SMARTS) is 1. The van der Waals surface area contributed by atoms with E-state index >= 15 is 0 Å². The van der Waals surface area contributed by atoms with Gasteiger partial charge in [0.15, 0.2) is 0 Å². The van der Waals surface area contributed by atoms with Gasteiger partial charge >= 0.3 is 5.97 Å². The minimum absolute atomic E-state index is 0.233. The van der Waals surface area contributed by atoms with Gasteiger partial charge in [-0.2, -0.15) is 0 Å². The Hall–Kier alpha value is -2.42. The van der Waals surface area contributed by atoms with Crippen LogP contribution in [0.25, 0.3) is 0 Å². The van der Waals surface area contributed by atoms with Crippen LogP contribution in [0.15, 0.2) is 48.5 Å². The molecule has 90 valence electrons. The summed E-state index contributed by atoms with van der Waals surface area (Å²) >= 11 is 0. The van der Waals surface area contributed by atoms with Gasteiger partial charge in [0.2, 0.25) is 0 Å². The molecule has 0 fully saturated rings. The molecule has 2 N–H and O–H groups in total. The summed E-state index contributed by atoms with van der Waals surface area (Å²) in [4.78, 5) is 10.8. The smallest absolute Gasteiger partial charge is 0.335 e. The summed E-state index contributed by atoms with van der Waals surface area (Å²) in [6.07, 6.45) is 0. The summed E-state index contributed by atoms with van der Waals surface area (Å²) in [5, 5.41) is 17.0. The maximum atomic E-state index is 10.8. The largest absolute Gasteiger partial charge is 0.478 e. The van der Waals surface area contributed by atoms with Crippen LogP contribution < -0.4 is 0 Å². The standard InChI is InChI=1S/C15H13NO2/c1-10-4-2-3-5-13(10)14(16)11-6-8-12(9-7-11)15(17)18/h2-9,16H,1H3,(H,17,18). The average molecular weight is 239 g/mol. The molecule has 2 aromatic carbocycles. The van der Waals surface area contributed by atoms with Gasteiger partial charge in [0.25, 0.3) is 0 Å². The fraction of sp³-hybridized carbons (Fsp3) is 0.0667. The number of carbonyl (C=O) groups is 1. The lowest BCUT2D eigenvalue weighted by Crippen LogP contribution is -2.04. The van der Waals surface area contributed by atoms with Crippen LogP contribution in [0.2, 0.25) is 0 Å². The van der Waals surface area contributed by atoms with Crippen LogP contribution in [-0.4, -0.2) is 16.8 Å². The van der Waals surface area contributed by atoms with Crippen LogP contribution in [0.4, 0.5) is 0 Å². The molecule has 0 amide bonds. The van der Waals surface area contributed by atoms with Crippen molar-refractivity contribution in [2.75, 3.05) is 0 Å². The highest BCUT2D eigenvalue weighted by Gasteiger charge is 2.08. The lowest BCUT2D eigenvalue weighted by atomic mass is 9.98. The highest BCUT2D eigenvalue weighted by atomic mass is 16.4. The van der Waals surface area contributed by atoms with Crippen molar-refractivity contribution in [2.24, 2.45) is 0 Å². The number of aryl methyl sites for hydroxylation is 1. The molecule has 18 heavy (non-hydrogen) atoms. The number of nitrogens with one attached hydrogen (secondary N) is 1. The van der Waals surface area contributed by atoms with E-state index in [0.717, 1.165) is 11.1 Å². The van der Waals surface area contributed by atoms with Gasteiger partial charge in [-0.05, 0) is 24.6 Å². The highest BCUT2D eigenvalue weighted by molar-refractivity contribution is 6.11. The summed E-state index contributed by atoms with van der Waals surface area (Å²) < 4.78 is 0. The van der Waals surface area contributed by atoms with Crippen LogP contribution in [0.1, 0.15) is 27.0 Å². The second-order valence-corrected chi connectivity index (χ2v) is 4.07. The quantitative estimate of drug-likeness (QED) is 0.808. The van der Waals surface area contributed by atoms with Gasteiger partial charge in [-0.3, -0.25) is 5.41 Å². The molecule has 0 saturated heterocycles. The van der Waals surface area contributed by atoms with Crippen molar-refractivity contribution >= 4 is 11.7 Å². The van der Waals surface area contributed by atoms with Crippen molar-refractivity contribution in [2.45, 2.75) is 6.92 Å². The molecule has 3 heteroatoms. The van der Waals surface area contributed by atoms with Gasteiger partial charge in [0, 0.05) is 11.1 Å². The van der Waals surface area contributed by atoms with Crippen LogP contribution in [0.5, 0.6) is 0 Å². The van der Waals surface area contributed by atoms with E-state index in [9.17, 15) is 4.79 Å². The molecule has 0 unspecified atom stereocenters. The first-order valence-corrected chi connectivity index (χ1v) is 5.58. The van der Waals surface area contributed by atoms with Gasteiger partial charge in [0.1, 0.15) is 0 Å². The lowest BCUT2D eigenvalue weighted by molar-refractivity contribution is 0.0697. The van der Waals surface area contributed by atoms with E-state index in [0.29, 0.717) is 11.3 Å². The molecule has 0 aliphatic heterocycles. The number of hydrogen-bond acceptors (Lipinski definition) is 2. The summed E-state index contributed by atoms with van der Waals surface area (Å²) in [5.41, 5.74) is 3.25. The fourth-order valence-corrected chi connectivity index (χ4v) is 1.79. The van der Waals surface area contributed by atoms with E-state index in [1.54, 1.807) is 12.1 Å². The van der Waals surface area contributed by atoms with Gasteiger partial charge < -0.3 is 5.11 Å². The summed E-state index contributed by atoms with van der Waals surface area (Å²) in [6, 6.07) is 14.0. The van der Waals surface area contributed by atoms with Gasteiger partial charge in [-0.1, -0.05) is 36.4 Å². The van der Waals surface area contributed by atoms with Gasteiger partial charge in [-0.15, -0.1) is 0 Å². The Morgan fingerprint density at radius 3 is 2.11 bits per heavy atom. The third kappa shape index (κ3) is 2.30. The highest BCUT2D eigenvalue weighted by Crippen LogP contribution is 2.14. The van der Waals surface area contributed by atoms with Crippen LogP contribution >= 0.6 is 0 Å². The molecule has 3 nitrogen and oxygen atoms in total. The van der Waals surface area contributed by atoms with Crippen molar-refractivity contribution in [3.8, 4) is 0 Å². The summed E-state index contributed by atoms with van der Waals surface area (Å²) in [7, 11) is 0. The van der Waals surface area contributed by atoms with Crippen molar-refractivity contribution in [3.05, 3.63) is 70.8 Å². The van der Waals surface area contributed by atoms with Crippen LogP contribution in [0.3, 0.4) is 0 Å². The monoisotopic (exact) mass is 239 g/mol. The fourth-order valence-electron chi connectivity index (χ4n) is 1.79. The Labute approximate surface area is 105 Å². The van der Waals surface area contributed by atoms with E-state index < -0.39 is 5.97 Å². The third-order valence-electron chi connectivity index (χ3n) is 2.83. The molecule has 0 saturated carbocycles. The molecule has 0 heterocycles. The van der Waals surface area contributed by atoms with Crippen molar-refractivity contribution in [1.29, 1.82) is 5.41 Å². The Morgan fingerprint density at radius 1 is 1.00 bits per heavy atom. The number of carboxylic acids is 1. The molecule has 0 aromatic heterocycles. The number of aromatic carboxylic acids is 1. The third-order valence-corrected chi connectivity index (χ3v) is 2.83. The van der Waals surface area contributed by atoms with E-state index in [1.807, 2.05) is 31.2 Å². The Bertz CT molecular complexity index is 600. The first-order chi connectivity index (χ1) is 8.59. The minimum atomic E-state index is -0.955. The molecule has 0 radical (unpaired) electrons. The zero-order chi connectivity index (χ0) is 13.1. The summed E-state index contributed by atoms with van der Waals surface area (Å²) in [5.74, 6) is -0.955. The minimum Gasteiger partial charge on any atom is -0.478 e. The molecule has 0 aliphatic rings. The maximum Gasteiger partial charge on any atom is 0.335 e. The molecule has 0 aliphatic carbocycles. The van der Waals surface area contributed by atoms with Crippen LogP contribution in [-0.2, 0) is 0 Å². The van der Waals surface area contributed by atoms with E-state index in [1.165, 1.54) is 12.1 Å². The Morgan fingerprint density at radius 2 is 1.56 bits per heavy atom. The number of benzene rings is 2. The molecule has 2 rings (SSSR count). The average Bonchev–Trinajstić information content (AvgIpc) is 2.38. The second-order valence-electron chi connectivity index (χ2n) is 4.07. The molecule has 0 spiro atoms. The first kappa shape index (κ1) is 12.0. The van der Waals surface area contributed by atoms with Gasteiger partial charge in [0.05, 0.1) is 11.3 Å². The van der Waals surface area contributed by atoms with Crippen LogP contribution in [0, 0.1) is 12.3 Å². The zero-order valence-corrected chi connectivity index (χ0v) is 9.97. The van der Waals surface area contributed by atoms with Crippen molar-refractivity contribution in [1.82, 2.24) is 0 Å². The molecular weight excluding hydrogens is 226 g/mol. The second kappa shape index (κ2) is 4.84. The van der Waals surface area contributed by atoms with Crippen molar-refractivity contribution < 1.29 is 9.90 Å². The van der Waals surface area contributed by atoms with E-state index in [4.69, 9.17) is 10.5 Å². The SMILES string of the molecule is Cc1ccccc1C(=N)c1ccc(C(=O)O)cc1. The predicted molar refractivity (Wildman–Crippen MR) is 70.5 cm³/mol. The predicted octanol–water partition coefficient (Wildman–Crippen LogP) is 3.11. The Kier molecular flexibility index (Phi) is 3.24. The number of rotatable bonds is 3. The van der Waals surface area contributed by atoms with E-state index in [-0.39, 0.29) is 5.56 Å². The summed E-state index contributed by atoms with van der Waals surface area (Å²) in [6.45, 7) is 1.95. The molecule has 2 aromatic rings. The maximum absolute atomic E-state index is 10.8. The molecular formula is C15H13NO2. The number of hydrogen-bond donors (Lipinski definition) is 2. The topological polar surface area (TPSA) is 61.2 Å².